The lowest BCUT2D eigenvalue weighted by Gasteiger charge is -2.15. The molecule has 5 heteroatoms. The Kier molecular flexibility index (Phi) is 3.40. The van der Waals surface area contributed by atoms with E-state index in [1.54, 1.807) is 11.3 Å². The molecule has 3 aromatic heterocycles. The Balaban J connectivity index is 1.83. The zero-order chi connectivity index (χ0) is 13.2. The average Bonchev–Trinajstić information content (AvgIpc) is 3.04. The summed E-state index contributed by atoms with van der Waals surface area (Å²) in [5.74, 6) is 0. The van der Waals surface area contributed by atoms with E-state index >= 15 is 0 Å². The first-order chi connectivity index (χ1) is 9.28. The number of hydrogen-bond acceptors (Lipinski definition) is 3. The quantitative estimate of drug-likeness (QED) is 0.776. The SMILES string of the molecule is CCNC(C)c1cccn1Cc1cn2ccsc2n1. The minimum absolute atomic E-state index is 0.365. The number of nitrogens with one attached hydrogen (secondary N) is 1. The lowest BCUT2D eigenvalue weighted by molar-refractivity contribution is 0.552. The van der Waals surface area contributed by atoms with E-state index in [4.69, 9.17) is 0 Å². The molecule has 3 heterocycles. The number of fused-ring (bicyclic) bond motifs is 1. The summed E-state index contributed by atoms with van der Waals surface area (Å²) in [6, 6.07) is 4.64. The van der Waals surface area contributed by atoms with Crippen LogP contribution in [0.15, 0.2) is 36.1 Å². The fraction of sp³-hybridized carbons (Fsp3) is 0.357. The molecule has 0 saturated carbocycles. The third-order valence-electron chi connectivity index (χ3n) is 3.29. The van der Waals surface area contributed by atoms with Gasteiger partial charge in [0.05, 0.1) is 12.2 Å². The van der Waals surface area contributed by atoms with Crippen LogP contribution in [0.1, 0.15) is 31.3 Å². The average molecular weight is 274 g/mol. The van der Waals surface area contributed by atoms with E-state index in [1.165, 1.54) is 5.69 Å². The van der Waals surface area contributed by atoms with E-state index in [2.05, 4.69) is 63.0 Å². The molecule has 0 saturated heterocycles. The Morgan fingerprint density at radius 1 is 1.42 bits per heavy atom. The largest absolute Gasteiger partial charge is 0.344 e. The van der Waals surface area contributed by atoms with E-state index in [-0.39, 0.29) is 0 Å². The zero-order valence-electron chi connectivity index (χ0n) is 11.2. The van der Waals surface area contributed by atoms with Crippen molar-refractivity contribution in [1.29, 1.82) is 0 Å². The molecule has 4 nitrogen and oxygen atoms in total. The highest BCUT2D eigenvalue weighted by atomic mass is 32.1. The predicted octanol–water partition coefficient (Wildman–Crippen LogP) is 2.92. The molecule has 0 bridgehead atoms. The number of rotatable bonds is 5. The summed E-state index contributed by atoms with van der Waals surface area (Å²) in [5.41, 5.74) is 2.41. The Morgan fingerprint density at radius 3 is 3.11 bits per heavy atom. The maximum Gasteiger partial charge on any atom is 0.193 e. The molecular weight excluding hydrogens is 256 g/mol. The van der Waals surface area contributed by atoms with Crippen molar-refractivity contribution >= 4 is 16.3 Å². The van der Waals surface area contributed by atoms with Gasteiger partial charge >= 0.3 is 0 Å². The Labute approximate surface area is 116 Å². The van der Waals surface area contributed by atoms with Gasteiger partial charge in [-0.25, -0.2) is 4.98 Å². The summed E-state index contributed by atoms with van der Waals surface area (Å²) in [4.78, 5) is 5.69. The summed E-state index contributed by atoms with van der Waals surface area (Å²) >= 11 is 1.67. The highest BCUT2D eigenvalue weighted by Gasteiger charge is 2.10. The fourth-order valence-corrected chi connectivity index (χ4v) is 3.12. The molecule has 0 fully saturated rings. The monoisotopic (exact) mass is 274 g/mol. The van der Waals surface area contributed by atoms with Gasteiger partial charge in [0, 0.05) is 35.7 Å². The summed E-state index contributed by atoms with van der Waals surface area (Å²) in [6.07, 6.45) is 6.28. The molecule has 0 aliphatic heterocycles. The van der Waals surface area contributed by atoms with E-state index in [0.717, 1.165) is 23.7 Å². The summed E-state index contributed by atoms with van der Waals surface area (Å²) in [7, 11) is 0. The van der Waals surface area contributed by atoms with Gasteiger partial charge in [0.2, 0.25) is 0 Å². The first-order valence-corrected chi connectivity index (χ1v) is 7.45. The highest BCUT2D eigenvalue weighted by molar-refractivity contribution is 7.15. The van der Waals surface area contributed by atoms with Gasteiger partial charge in [-0.05, 0) is 25.6 Å². The molecule has 1 atom stereocenters. The van der Waals surface area contributed by atoms with Gasteiger partial charge in [0.25, 0.3) is 0 Å². The van der Waals surface area contributed by atoms with Crippen LogP contribution in [0.4, 0.5) is 0 Å². The molecule has 0 aliphatic rings. The molecule has 3 rings (SSSR count). The maximum atomic E-state index is 4.63. The third-order valence-corrected chi connectivity index (χ3v) is 4.06. The lowest BCUT2D eigenvalue weighted by Crippen LogP contribution is -2.20. The Morgan fingerprint density at radius 2 is 2.32 bits per heavy atom. The molecule has 1 N–H and O–H groups in total. The normalized spacial score (nSPS) is 13.2. The van der Waals surface area contributed by atoms with Crippen molar-refractivity contribution in [3.05, 3.63) is 47.5 Å². The fourth-order valence-electron chi connectivity index (χ4n) is 2.40. The summed E-state index contributed by atoms with van der Waals surface area (Å²) in [6.45, 7) is 6.13. The zero-order valence-corrected chi connectivity index (χ0v) is 12.0. The van der Waals surface area contributed by atoms with E-state index in [1.807, 2.05) is 6.20 Å². The molecule has 0 amide bonds. The van der Waals surface area contributed by atoms with Gasteiger partial charge in [-0.15, -0.1) is 11.3 Å². The van der Waals surface area contributed by atoms with Gasteiger partial charge in [0.15, 0.2) is 4.96 Å². The summed E-state index contributed by atoms with van der Waals surface area (Å²) < 4.78 is 4.34. The van der Waals surface area contributed by atoms with Crippen LogP contribution in [0.3, 0.4) is 0 Å². The second-order valence-electron chi connectivity index (χ2n) is 4.67. The third kappa shape index (κ3) is 2.43. The van der Waals surface area contributed by atoms with Gasteiger partial charge < -0.3 is 9.88 Å². The van der Waals surface area contributed by atoms with E-state index in [0.29, 0.717) is 6.04 Å². The maximum absolute atomic E-state index is 4.63. The van der Waals surface area contributed by atoms with E-state index < -0.39 is 0 Å². The van der Waals surface area contributed by atoms with Crippen LogP contribution in [-0.2, 0) is 6.54 Å². The minimum Gasteiger partial charge on any atom is -0.344 e. The van der Waals surface area contributed by atoms with Crippen LogP contribution in [0.5, 0.6) is 0 Å². The molecule has 0 spiro atoms. The number of aromatic nitrogens is 3. The highest BCUT2D eigenvalue weighted by Crippen LogP contribution is 2.17. The Hall–Kier alpha value is -1.59. The van der Waals surface area contributed by atoms with Crippen LogP contribution in [0.2, 0.25) is 0 Å². The van der Waals surface area contributed by atoms with Crippen LogP contribution >= 0.6 is 11.3 Å². The van der Waals surface area contributed by atoms with Crippen molar-refractivity contribution in [2.24, 2.45) is 0 Å². The van der Waals surface area contributed by atoms with Crippen molar-refractivity contribution in [3.8, 4) is 0 Å². The number of nitrogens with zero attached hydrogens (tertiary/aromatic N) is 3. The van der Waals surface area contributed by atoms with Gasteiger partial charge in [-0.3, -0.25) is 4.40 Å². The molecule has 19 heavy (non-hydrogen) atoms. The number of hydrogen-bond donors (Lipinski definition) is 1. The standard InChI is InChI=1S/C14H18N4S/c1-3-15-11(2)13-5-4-6-17(13)9-12-10-18-7-8-19-14(18)16-12/h4-8,10-11,15H,3,9H2,1-2H3. The van der Waals surface area contributed by atoms with Crippen molar-refractivity contribution < 1.29 is 0 Å². The van der Waals surface area contributed by atoms with Crippen LogP contribution < -0.4 is 5.32 Å². The van der Waals surface area contributed by atoms with Gasteiger partial charge in [0.1, 0.15) is 0 Å². The topological polar surface area (TPSA) is 34.3 Å². The van der Waals surface area contributed by atoms with Crippen molar-refractivity contribution in [1.82, 2.24) is 19.3 Å². The second-order valence-corrected chi connectivity index (χ2v) is 5.54. The molecular formula is C14H18N4S. The molecule has 0 aliphatic carbocycles. The molecule has 100 valence electrons. The number of imidazole rings is 1. The minimum atomic E-state index is 0.365. The lowest BCUT2D eigenvalue weighted by atomic mass is 10.2. The first-order valence-electron chi connectivity index (χ1n) is 6.57. The summed E-state index contributed by atoms with van der Waals surface area (Å²) in [5, 5.41) is 5.51. The molecule has 3 aromatic rings. The van der Waals surface area contributed by atoms with Gasteiger partial charge in [-0.1, -0.05) is 6.92 Å². The van der Waals surface area contributed by atoms with E-state index in [9.17, 15) is 0 Å². The predicted molar refractivity (Wildman–Crippen MR) is 78.7 cm³/mol. The molecule has 0 radical (unpaired) electrons. The first kappa shape index (κ1) is 12.4. The second kappa shape index (κ2) is 5.19. The van der Waals surface area contributed by atoms with Crippen LogP contribution in [0.25, 0.3) is 4.96 Å². The van der Waals surface area contributed by atoms with Crippen molar-refractivity contribution in [2.75, 3.05) is 6.54 Å². The van der Waals surface area contributed by atoms with Crippen molar-refractivity contribution in [2.45, 2.75) is 26.4 Å². The van der Waals surface area contributed by atoms with Crippen LogP contribution in [-0.4, -0.2) is 20.5 Å². The number of thiazole rings is 1. The van der Waals surface area contributed by atoms with Gasteiger partial charge in [-0.2, -0.15) is 0 Å². The smallest absolute Gasteiger partial charge is 0.193 e. The van der Waals surface area contributed by atoms with Crippen molar-refractivity contribution in [3.63, 3.8) is 0 Å². The van der Waals surface area contributed by atoms with Crippen LogP contribution in [0, 0.1) is 0 Å². The molecule has 1 unspecified atom stereocenters. The Bertz CT molecular complexity index is 635. The molecule has 0 aromatic carbocycles.